The third-order valence-corrected chi connectivity index (χ3v) is 5.09. The van der Waals surface area contributed by atoms with E-state index in [4.69, 9.17) is 10.5 Å². The fourth-order valence-corrected chi connectivity index (χ4v) is 3.50. The molecule has 0 saturated heterocycles. The van der Waals surface area contributed by atoms with Gasteiger partial charge in [-0.25, -0.2) is 36.9 Å². The van der Waals surface area contributed by atoms with E-state index < -0.39 is 60.1 Å². The third kappa shape index (κ3) is 3.96. The highest BCUT2D eigenvalue weighted by Gasteiger charge is 2.63. The van der Waals surface area contributed by atoms with Crippen LogP contribution in [-0.4, -0.2) is 41.0 Å². The highest BCUT2D eigenvalue weighted by atomic mass is 19.3. The minimum Gasteiger partial charge on any atom is -0.480 e. The van der Waals surface area contributed by atoms with Crippen molar-refractivity contribution < 1.29 is 31.5 Å². The molecule has 3 rings (SSSR count). The maximum atomic E-state index is 14.7. The SMILES string of the molecule is COc1cnc(C(=O)Cc2ccc(F)c([C@@]3(C(F)F)N=C(N)CCC3(F)F)c2)c(C)n1. The lowest BCUT2D eigenvalue weighted by Crippen LogP contribution is -2.54. The van der Waals surface area contributed by atoms with E-state index in [0.29, 0.717) is 0 Å². The van der Waals surface area contributed by atoms with Crippen LogP contribution >= 0.6 is 0 Å². The fraction of sp³-hybridized carbons (Fsp3) is 0.400. The molecule has 0 radical (unpaired) electrons. The maximum absolute atomic E-state index is 14.7. The van der Waals surface area contributed by atoms with Gasteiger partial charge >= 0.3 is 0 Å². The van der Waals surface area contributed by atoms with Crippen molar-refractivity contribution in [2.24, 2.45) is 10.7 Å². The number of aliphatic imine (C=N–C) groups is 1. The van der Waals surface area contributed by atoms with Crippen molar-refractivity contribution in [3.63, 3.8) is 0 Å². The normalized spacial score (nSPS) is 20.5. The van der Waals surface area contributed by atoms with Gasteiger partial charge in [-0.1, -0.05) is 6.07 Å². The molecule has 1 aromatic carbocycles. The fourth-order valence-electron chi connectivity index (χ4n) is 3.50. The third-order valence-electron chi connectivity index (χ3n) is 5.09. The molecule has 0 spiro atoms. The summed E-state index contributed by atoms with van der Waals surface area (Å²) in [6.45, 7) is 1.52. The molecule has 0 unspecified atom stereocenters. The van der Waals surface area contributed by atoms with Gasteiger partial charge in [-0.15, -0.1) is 0 Å². The second kappa shape index (κ2) is 8.20. The minimum absolute atomic E-state index is 0.0134. The van der Waals surface area contributed by atoms with Gasteiger partial charge in [0.25, 0.3) is 12.3 Å². The number of hydrogen-bond acceptors (Lipinski definition) is 6. The molecule has 1 aromatic heterocycles. The van der Waals surface area contributed by atoms with Crippen LogP contribution in [0, 0.1) is 12.7 Å². The zero-order chi connectivity index (χ0) is 23.0. The average molecular weight is 442 g/mol. The van der Waals surface area contributed by atoms with E-state index >= 15 is 0 Å². The number of aryl methyl sites for hydroxylation is 1. The molecule has 0 amide bonds. The molecule has 0 saturated carbocycles. The number of rotatable bonds is 6. The van der Waals surface area contributed by atoms with E-state index in [1.165, 1.54) is 20.2 Å². The van der Waals surface area contributed by atoms with E-state index in [-0.39, 0.29) is 22.8 Å². The highest BCUT2D eigenvalue weighted by molar-refractivity contribution is 5.96. The van der Waals surface area contributed by atoms with E-state index in [1.54, 1.807) is 0 Å². The average Bonchev–Trinajstić information content (AvgIpc) is 2.70. The molecule has 1 aliphatic heterocycles. The summed E-state index contributed by atoms with van der Waals surface area (Å²) in [4.78, 5) is 23.9. The Labute approximate surface area is 174 Å². The van der Waals surface area contributed by atoms with Crippen LogP contribution in [0.5, 0.6) is 5.88 Å². The number of halogens is 5. The molecular weight excluding hydrogens is 423 g/mol. The molecule has 31 heavy (non-hydrogen) atoms. The topological polar surface area (TPSA) is 90.5 Å². The Morgan fingerprint density at radius 2 is 2.03 bits per heavy atom. The monoisotopic (exact) mass is 442 g/mol. The highest BCUT2D eigenvalue weighted by Crippen LogP contribution is 2.51. The van der Waals surface area contributed by atoms with E-state index in [0.717, 1.165) is 18.2 Å². The van der Waals surface area contributed by atoms with Crippen molar-refractivity contribution in [2.45, 2.75) is 44.1 Å². The number of ketones is 1. The van der Waals surface area contributed by atoms with E-state index in [9.17, 15) is 26.7 Å². The van der Waals surface area contributed by atoms with Crippen LogP contribution in [0.3, 0.4) is 0 Å². The van der Waals surface area contributed by atoms with Gasteiger partial charge in [0.15, 0.2) is 5.78 Å². The van der Waals surface area contributed by atoms with Crippen molar-refractivity contribution in [2.75, 3.05) is 7.11 Å². The Kier molecular flexibility index (Phi) is 5.97. The van der Waals surface area contributed by atoms with Crippen LogP contribution < -0.4 is 10.5 Å². The number of benzene rings is 1. The zero-order valence-corrected chi connectivity index (χ0v) is 16.6. The van der Waals surface area contributed by atoms with Crippen molar-refractivity contribution in [3.05, 3.63) is 52.7 Å². The number of carbonyl (C=O) groups excluding carboxylic acids is 1. The van der Waals surface area contributed by atoms with Gasteiger partial charge in [0.1, 0.15) is 11.5 Å². The molecule has 1 atom stereocenters. The van der Waals surface area contributed by atoms with Crippen LogP contribution in [0.4, 0.5) is 22.0 Å². The van der Waals surface area contributed by atoms with Crippen molar-refractivity contribution in [3.8, 4) is 5.88 Å². The second-order valence-corrected chi connectivity index (χ2v) is 7.14. The van der Waals surface area contributed by atoms with Gasteiger partial charge in [0.05, 0.1) is 24.8 Å². The van der Waals surface area contributed by atoms with Crippen LogP contribution in [0.15, 0.2) is 29.4 Å². The predicted octanol–water partition coefficient (Wildman–Crippen LogP) is 3.60. The Hall–Kier alpha value is -3.11. The van der Waals surface area contributed by atoms with Gasteiger partial charge < -0.3 is 10.5 Å². The molecule has 0 bridgehead atoms. The van der Waals surface area contributed by atoms with Gasteiger partial charge in [0, 0.05) is 24.8 Å². The molecular formula is C20H19F5N4O2. The second-order valence-electron chi connectivity index (χ2n) is 7.14. The summed E-state index contributed by atoms with van der Waals surface area (Å²) >= 11 is 0. The van der Waals surface area contributed by atoms with Crippen LogP contribution in [0.25, 0.3) is 0 Å². The van der Waals surface area contributed by atoms with E-state index in [2.05, 4.69) is 15.0 Å². The summed E-state index contributed by atoms with van der Waals surface area (Å²) in [6, 6.07) is 2.71. The first-order chi connectivity index (χ1) is 14.5. The Morgan fingerprint density at radius 3 is 2.65 bits per heavy atom. The largest absolute Gasteiger partial charge is 0.480 e. The van der Waals surface area contributed by atoms with Crippen LogP contribution in [-0.2, 0) is 12.0 Å². The molecule has 2 aromatic rings. The van der Waals surface area contributed by atoms with Crippen molar-refractivity contribution in [1.82, 2.24) is 9.97 Å². The molecule has 0 fully saturated rings. The maximum Gasteiger partial charge on any atom is 0.283 e. The lowest BCUT2D eigenvalue weighted by molar-refractivity contribution is -0.145. The number of methoxy groups -OCH3 is 1. The smallest absolute Gasteiger partial charge is 0.283 e. The van der Waals surface area contributed by atoms with Gasteiger partial charge in [-0.3, -0.25) is 4.79 Å². The molecule has 1 aliphatic rings. The zero-order valence-electron chi connectivity index (χ0n) is 16.6. The van der Waals surface area contributed by atoms with E-state index in [1.807, 2.05) is 0 Å². The Bertz CT molecular complexity index is 1040. The minimum atomic E-state index is -4.05. The standard InChI is InChI=1S/C20H19F5N4O2/c1-10-17(27-9-16(28-10)31-2)14(30)8-11-3-4-13(21)12(7-11)20(18(22)23)19(24,25)6-5-15(26)29-20/h3-4,7,9,18H,5-6,8H2,1-2H3,(H2,26,29)/t20-/m0/s1. The van der Waals surface area contributed by atoms with Gasteiger partial charge in [-0.2, -0.15) is 0 Å². The Morgan fingerprint density at radius 1 is 1.32 bits per heavy atom. The number of ether oxygens (including phenoxy) is 1. The number of carbonyl (C=O) groups is 1. The molecule has 166 valence electrons. The number of amidine groups is 1. The number of Topliss-reactive ketones (excluding diaryl/α,β-unsaturated/α-hetero) is 1. The molecule has 2 heterocycles. The van der Waals surface area contributed by atoms with Crippen molar-refractivity contribution >= 4 is 11.6 Å². The summed E-state index contributed by atoms with van der Waals surface area (Å²) in [5.74, 6) is -6.14. The summed E-state index contributed by atoms with van der Waals surface area (Å²) in [6.07, 6.45) is -4.31. The van der Waals surface area contributed by atoms with Crippen molar-refractivity contribution in [1.29, 1.82) is 0 Å². The summed E-state index contributed by atoms with van der Waals surface area (Å²) in [5, 5.41) is 0. The Balaban J connectivity index is 2.04. The number of aromatic nitrogens is 2. The molecule has 0 aliphatic carbocycles. The number of nitrogens with two attached hydrogens (primary N) is 1. The first kappa shape index (κ1) is 22.6. The summed E-state index contributed by atoms with van der Waals surface area (Å²) < 4.78 is 76.8. The summed E-state index contributed by atoms with van der Waals surface area (Å²) in [5.41, 5.74) is 1.26. The molecule has 11 heteroatoms. The van der Waals surface area contributed by atoms with Gasteiger partial charge in [-0.05, 0) is 24.6 Å². The first-order valence-electron chi connectivity index (χ1n) is 9.21. The molecule has 6 nitrogen and oxygen atoms in total. The summed E-state index contributed by atoms with van der Waals surface area (Å²) in [7, 11) is 1.38. The predicted molar refractivity (Wildman–Crippen MR) is 101 cm³/mol. The lowest BCUT2D eigenvalue weighted by atomic mass is 9.79. The number of hydrogen-bond donors (Lipinski definition) is 1. The number of nitrogens with zero attached hydrogens (tertiary/aromatic N) is 3. The number of alkyl halides is 4. The quantitative estimate of drug-likeness (QED) is 0.545. The van der Waals surface area contributed by atoms with Crippen LogP contribution in [0.1, 0.15) is 40.2 Å². The lowest BCUT2D eigenvalue weighted by Gasteiger charge is -2.40. The first-order valence-corrected chi connectivity index (χ1v) is 9.21. The van der Waals surface area contributed by atoms with Crippen LogP contribution in [0.2, 0.25) is 0 Å². The van der Waals surface area contributed by atoms with Gasteiger partial charge in [0.2, 0.25) is 11.4 Å². The molecule has 2 N–H and O–H groups in total.